The number of carbonyl (C=O) groups is 1. The Morgan fingerprint density at radius 3 is 2.46 bits per heavy atom. The van der Waals surface area contributed by atoms with E-state index in [1.807, 2.05) is 0 Å². The molecule has 0 unspecified atom stereocenters. The van der Waals surface area contributed by atoms with Crippen molar-refractivity contribution in [1.82, 2.24) is 9.78 Å². The molecule has 0 atom stereocenters. The predicted octanol–water partition coefficient (Wildman–Crippen LogP) is 5.98. The Bertz CT molecular complexity index is 1060. The first-order valence-corrected chi connectivity index (χ1v) is 8.79. The van der Waals surface area contributed by atoms with Gasteiger partial charge in [0.25, 0.3) is 0 Å². The van der Waals surface area contributed by atoms with E-state index in [4.69, 9.17) is 43.7 Å². The Morgan fingerprint density at radius 2 is 1.85 bits per heavy atom. The molecule has 0 radical (unpaired) electrons. The molecule has 3 rings (SSSR count). The molecule has 0 N–H and O–H groups in total. The second-order valence-electron chi connectivity index (χ2n) is 5.31. The van der Waals surface area contributed by atoms with Crippen molar-refractivity contribution in [3.8, 4) is 16.9 Å². The molecule has 1 aromatic heterocycles. The fourth-order valence-electron chi connectivity index (χ4n) is 2.46. The van der Waals surface area contributed by atoms with Gasteiger partial charge in [0, 0.05) is 25.3 Å². The van der Waals surface area contributed by atoms with Crippen molar-refractivity contribution in [2.24, 2.45) is 0 Å². The number of rotatable bonds is 4. The Balaban J connectivity index is 2.40. The number of hydrogen-bond donors (Lipinski definition) is 0. The zero-order chi connectivity index (χ0) is 21.3. The lowest BCUT2D eigenvalue weighted by atomic mass is 10.1. The largest absolute Gasteiger partial charge is 0.461 e. The van der Waals surface area contributed by atoms with Crippen molar-refractivity contribution in [3.63, 3.8) is 0 Å². The molecule has 0 saturated carbocycles. The lowest BCUT2D eigenvalue weighted by Gasteiger charge is -2.11. The van der Waals surface area contributed by atoms with Crippen molar-refractivity contribution in [2.45, 2.75) is 13.8 Å². The van der Waals surface area contributed by atoms with Crippen LogP contribution in [0, 0.1) is 6.85 Å². The molecule has 134 valence electrons. The summed E-state index contributed by atoms with van der Waals surface area (Å²) < 4.78 is 30.4. The molecule has 7 heteroatoms. The lowest BCUT2D eigenvalue weighted by Crippen LogP contribution is -2.08. The Labute approximate surface area is 170 Å². The average Bonchev–Trinajstić information content (AvgIpc) is 3.03. The number of hydrogen-bond acceptors (Lipinski definition) is 3. The van der Waals surface area contributed by atoms with Crippen LogP contribution >= 0.6 is 34.8 Å². The number of benzene rings is 2. The summed E-state index contributed by atoms with van der Waals surface area (Å²) in [6.45, 7) is -0.946. The van der Waals surface area contributed by atoms with Crippen LogP contribution in [0.2, 0.25) is 15.1 Å². The third-order valence-electron chi connectivity index (χ3n) is 3.61. The van der Waals surface area contributed by atoms with Crippen LogP contribution in [-0.4, -0.2) is 22.4 Å². The summed E-state index contributed by atoms with van der Waals surface area (Å²) in [6.07, 6.45) is 0. The minimum absolute atomic E-state index is 0.0735. The van der Waals surface area contributed by atoms with Gasteiger partial charge in [-0.25, -0.2) is 9.48 Å². The summed E-state index contributed by atoms with van der Waals surface area (Å²) in [6, 6.07) is 11.2. The zero-order valence-electron chi connectivity index (χ0n) is 16.6. The Hall–Kier alpha value is -2.01. The van der Waals surface area contributed by atoms with Gasteiger partial charge < -0.3 is 4.74 Å². The second kappa shape index (κ2) is 7.70. The maximum atomic E-state index is 12.5. The molecule has 0 amide bonds. The molecular weight excluding hydrogens is 395 g/mol. The highest BCUT2D eigenvalue weighted by molar-refractivity contribution is 6.35. The van der Waals surface area contributed by atoms with Gasteiger partial charge >= 0.3 is 5.97 Å². The van der Waals surface area contributed by atoms with Gasteiger partial charge in [-0.3, -0.25) is 0 Å². The second-order valence-corrected chi connectivity index (χ2v) is 6.59. The summed E-state index contributed by atoms with van der Waals surface area (Å²) in [5.74, 6) is -0.835. The summed E-state index contributed by atoms with van der Waals surface area (Å²) >= 11 is 18.3. The van der Waals surface area contributed by atoms with E-state index < -0.39 is 12.8 Å². The third-order valence-corrected chi connectivity index (χ3v) is 4.40. The fourth-order valence-corrected chi connectivity index (χ4v) is 3.08. The first-order valence-electron chi connectivity index (χ1n) is 9.15. The lowest BCUT2D eigenvalue weighted by molar-refractivity contribution is 0.0518. The van der Waals surface area contributed by atoms with Gasteiger partial charge in [0.2, 0.25) is 0 Å². The highest BCUT2D eigenvalue weighted by atomic mass is 35.5. The highest BCUT2D eigenvalue weighted by Crippen LogP contribution is 2.33. The zero-order valence-corrected chi connectivity index (χ0v) is 15.9. The smallest absolute Gasteiger partial charge is 0.359 e. The number of ether oxygens (including phenoxy) is 1. The van der Waals surface area contributed by atoms with E-state index >= 15 is 0 Å². The first kappa shape index (κ1) is 15.1. The summed E-state index contributed by atoms with van der Waals surface area (Å²) in [5, 5.41) is 5.40. The number of aromatic nitrogens is 2. The van der Waals surface area contributed by atoms with E-state index in [1.165, 1.54) is 10.7 Å². The quantitative estimate of drug-likeness (QED) is 0.495. The highest BCUT2D eigenvalue weighted by Gasteiger charge is 2.23. The van der Waals surface area contributed by atoms with Crippen molar-refractivity contribution in [3.05, 3.63) is 68.8 Å². The maximum absolute atomic E-state index is 12.5. The van der Waals surface area contributed by atoms with Crippen molar-refractivity contribution in [1.29, 1.82) is 0 Å². The molecule has 2 aromatic carbocycles. The molecule has 1 heterocycles. The normalized spacial score (nSPS) is 13.0. The molecule has 0 fully saturated rings. The van der Waals surface area contributed by atoms with E-state index in [0.29, 0.717) is 21.3 Å². The summed E-state index contributed by atoms with van der Waals surface area (Å²) in [5.41, 5.74) is 0.512. The molecule has 0 saturated heterocycles. The standard InChI is InChI=1S/C19H15Cl3N2O2/c1-3-26-19(25)17-11(2)18(12-4-6-13(20)7-5-12)24(23-17)16-9-8-14(21)10-15(16)22/h4-10H,3H2,1-2H3/i2D3. The van der Waals surface area contributed by atoms with Gasteiger partial charge in [-0.15, -0.1) is 0 Å². The van der Waals surface area contributed by atoms with Crippen LogP contribution in [-0.2, 0) is 4.74 Å². The average molecular weight is 413 g/mol. The molecule has 0 aliphatic carbocycles. The minimum atomic E-state index is -2.64. The topological polar surface area (TPSA) is 44.1 Å². The van der Waals surface area contributed by atoms with Crippen LogP contribution < -0.4 is 0 Å². The van der Waals surface area contributed by atoms with E-state index in [0.717, 1.165) is 0 Å². The molecule has 0 bridgehead atoms. The Kier molecular flexibility index (Phi) is 4.47. The maximum Gasteiger partial charge on any atom is 0.359 e. The van der Waals surface area contributed by atoms with Gasteiger partial charge in [-0.05, 0) is 44.1 Å². The SMILES string of the molecule is [2H]C([2H])([2H])c1c(C(=O)OCC)nn(-c2ccc(Cl)cc2Cl)c1-c1ccc(Cl)cc1. The molecule has 0 aliphatic rings. The van der Waals surface area contributed by atoms with Crippen LogP contribution in [0.3, 0.4) is 0 Å². The van der Waals surface area contributed by atoms with Crippen LogP contribution in [0.5, 0.6) is 0 Å². The third kappa shape index (κ3) is 3.58. The number of halogens is 3. The number of carbonyl (C=O) groups excluding carboxylic acids is 1. The van der Waals surface area contributed by atoms with Gasteiger partial charge in [-0.2, -0.15) is 5.10 Å². The fraction of sp³-hybridized carbons (Fsp3) is 0.158. The van der Waals surface area contributed by atoms with Crippen LogP contribution in [0.15, 0.2) is 42.5 Å². The number of esters is 1. The molecule has 4 nitrogen and oxygen atoms in total. The van der Waals surface area contributed by atoms with Crippen molar-refractivity contribution >= 4 is 40.8 Å². The molecule has 0 aliphatic heterocycles. The van der Waals surface area contributed by atoms with Gasteiger partial charge in [0.05, 0.1) is 23.0 Å². The minimum Gasteiger partial charge on any atom is -0.461 e. The number of nitrogens with zero attached hydrogens (tertiary/aromatic N) is 2. The Morgan fingerprint density at radius 1 is 1.15 bits per heavy atom. The van der Waals surface area contributed by atoms with Crippen LogP contribution in [0.4, 0.5) is 0 Å². The molecular formula is C19H15Cl3N2O2. The van der Waals surface area contributed by atoms with Crippen LogP contribution in [0.1, 0.15) is 27.1 Å². The molecule has 26 heavy (non-hydrogen) atoms. The van der Waals surface area contributed by atoms with E-state index in [9.17, 15) is 4.79 Å². The van der Waals surface area contributed by atoms with Gasteiger partial charge in [0.15, 0.2) is 5.69 Å². The molecule has 3 aromatic rings. The van der Waals surface area contributed by atoms with Crippen LogP contribution in [0.25, 0.3) is 16.9 Å². The monoisotopic (exact) mass is 411 g/mol. The summed E-state index contributed by atoms with van der Waals surface area (Å²) in [7, 11) is 0. The summed E-state index contributed by atoms with van der Waals surface area (Å²) in [4.78, 5) is 12.5. The van der Waals surface area contributed by atoms with E-state index in [1.54, 1.807) is 43.3 Å². The first-order chi connectivity index (χ1) is 13.6. The van der Waals surface area contributed by atoms with E-state index in [2.05, 4.69) is 5.10 Å². The molecule has 0 spiro atoms. The van der Waals surface area contributed by atoms with Crippen molar-refractivity contribution < 1.29 is 13.6 Å². The van der Waals surface area contributed by atoms with Gasteiger partial charge in [-0.1, -0.05) is 46.9 Å². The van der Waals surface area contributed by atoms with Crippen molar-refractivity contribution in [2.75, 3.05) is 6.61 Å². The predicted molar refractivity (Wildman–Crippen MR) is 105 cm³/mol. The van der Waals surface area contributed by atoms with E-state index in [-0.39, 0.29) is 28.6 Å². The van der Waals surface area contributed by atoms with Gasteiger partial charge in [0.1, 0.15) is 0 Å².